The van der Waals surface area contributed by atoms with Crippen molar-refractivity contribution in [1.29, 1.82) is 0 Å². The molecule has 0 aromatic heterocycles. The molecule has 5 heteroatoms. The van der Waals surface area contributed by atoms with Crippen LogP contribution in [0.4, 0.5) is 0 Å². The van der Waals surface area contributed by atoms with Gasteiger partial charge in [-0.3, -0.25) is 0 Å². The van der Waals surface area contributed by atoms with Gasteiger partial charge in [-0.25, -0.2) is 14.4 Å². The highest BCUT2D eigenvalue weighted by atomic mass is 32.2. The van der Waals surface area contributed by atoms with Crippen molar-refractivity contribution in [2.45, 2.75) is 6.42 Å². The van der Waals surface area contributed by atoms with Crippen LogP contribution in [0.1, 0.15) is 6.42 Å². The third-order valence-electron chi connectivity index (χ3n) is 1.49. The molecule has 4 nitrogen and oxygen atoms in total. The van der Waals surface area contributed by atoms with Gasteiger partial charge in [0.05, 0.1) is 0 Å². The van der Waals surface area contributed by atoms with E-state index in [2.05, 4.69) is 4.47 Å². The Kier molecular flexibility index (Phi) is 1.74. The predicted octanol–water partition coefficient (Wildman–Crippen LogP) is -0.421. The van der Waals surface area contributed by atoms with Crippen molar-refractivity contribution in [2.75, 3.05) is 19.3 Å². The first-order valence-electron chi connectivity index (χ1n) is 2.83. The van der Waals surface area contributed by atoms with E-state index in [1.54, 1.807) is 10.6 Å². The maximum atomic E-state index is 11.2. The van der Waals surface area contributed by atoms with E-state index < -0.39 is 9.92 Å². The molecular formula is C4H11N3OS. The minimum absolute atomic E-state index is 0.871. The molecule has 1 atom stereocenters. The summed E-state index contributed by atoms with van der Waals surface area (Å²) in [6.45, 7) is 1.74. The van der Waals surface area contributed by atoms with Crippen LogP contribution in [-0.2, 0) is 9.92 Å². The molecule has 1 unspecified atom stereocenters. The molecule has 1 aliphatic heterocycles. The monoisotopic (exact) mass is 149 g/mol. The summed E-state index contributed by atoms with van der Waals surface area (Å²) in [5.74, 6) is 4.92. The molecule has 1 heterocycles. The summed E-state index contributed by atoms with van der Waals surface area (Å²) in [7, 11) is -2.18. The Morgan fingerprint density at radius 2 is 2.22 bits per heavy atom. The van der Waals surface area contributed by atoms with Crippen LogP contribution in [0, 0.1) is 0 Å². The second-order valence-corrected chi connectivity index (χ2v) is 4.40. The van der Waals surface area contributed by atoms with Crippen molar-refractivity contribution >= 4 is 9.92 Å². The number of hydrogen-bond donors (Lipinski definition) is 1. The first-order valence-corrected chi connectivity index (χ1v) is 4.71. The van der Waals surface area contributed by atoms with Gasteiger partial charge in [0, 0.05) is 19.3 Å². The summed E-state index contributed by atoms with van der Waals surface area (Å²) in [6, 6.07) is 0. The smallest absolute Gasteiger partial charge is 0.122 e. The highest BCUT2D eigenvalue weighted by Gasteiger charge is 2.21. The summed E-state index contributed by atoms with van der Waals surface area (Å²) >= 11 is 0. The summed E-state index contributed by atoms with van der Waals surface area (Å²) in [4.78, 5) is 0. The van der Waals surface area contributed by atoms with Crippen LogP contribution in [0.25, 0.3) is 0 Å². The zero-order valence-electron chi connectivity index (χ0n) is 5.41. The highest BCUT2D eigenvalue weighted by molar-refractivity contribution is 7.90. The van der Waals surface area contributed by atoms with E-state index in [1.165, 1.54) is 0 Å². The molecule has 1 rings (SSSR count). The van der Waals surface area contributed by atoms with Crippen molar-refractivity contribution in [3.8, 4) is 0 Å². The molecule has 0 aromatic rings. The lowest BCUT2D eigenvalue weighted by molar-refractivity contribution is 0.325. The van der Waals surface area contributed by atoms with Crippen LogP contribution in [0.15, 0.2) is 4.47 Å². The zero-order chi connectivity index (χ0) is 6.91. The predicted molar refractivity (Wildman–Crippen MR) is 36.9 cm³/mol. The van der Waals surface area contributed by atoms with Gasteiger partial charge in [-0.2, -0.15) is 0 Å². The number of nitrogens with two attached hydrogens (primary N) is 1. The van der Waals surface area contributed by atoms with Gasteiger partial charge < -0.3 is 0 Å². The van der Waals surface area contributed by atoms with E-state index in [1.807, 2.05) is 0 Å². The Labute approximate surface area is 55.3 Å². The van der Waals surface area contributed by atoms with Crippen LogP contribution >= 0.6 is 0 Å². The molecule has 1 fully saturated rings. The Balaban J connectivity index is 2.71. The van der Waals surface area contributed by atoms with Gasteiger partial charge in [-0.1, -0.05) is 0 Å². The zero-order valence-corrected chi connectivity index (χ0v) is 6.23. The molecular weight excluding hydrogens is 138 g/mol. The average molecular weight is 149 g/mol. The molecule has 0 aliphatic carbocycles. The first kappa shape index (κ1) is 6.98. The average Bonchev–Trinajstić information content (AvgIpc) is 1.60. The van der Waals surface area contributed by atoms with E-state index in [4.69, 9.17) is 5.84 Å². The van der Waals surface area contributed by atoms with Crippen LogP contribution in [-0.4, -0.2) is 27.9 Å². The van der Waals surface area contributed by atoms with Gasteiger partial charge in [-0.05, 0) is 6.42 Å². The van der Waals surface area contributed by atoms with Crippen LogP contribution in [0.3, 0.4) is 0 Å². The van der Waals surface area contributed by atoms with Gasteiger partial charge in [0.2, 0.25) is 0 Å². The van der Waals surface area contributed by atoms with Crippen molar-refractivity contribution in [2.24, 2.45) is 10.3 Å². The van der Waals surface area contributed by atoms with Crippen LogP contribution < -0.4 is 5.84 Å². The van der Waals surface area contributed by atoms with Gasteiger partial charge in [0.15, 0.2) is 0 Å². The third kappa shape index (κ3) is 1.23. The summed E-state index contributed by atoms with van der Waals surface area (Å²) < 4.78 is 16.3. The largest absolute Gasteiger partial charge is 0.233 e. The van der Waals surface area contributed by atoms with Crippen LogP contribution in [0.2, 0.25) is 0 Å². The normalized spacial score (nSPS) is 26.4. The quantitative estimate of drug-likeness (QED) is 0.406. The van der Waals surface area contributed by atoms with E-state index in [9.17, 15) is 4.21 Å². The number of hydrogen-bond acceptors (Lipinski definition) is 2. The molecule has 54 valence electrons. The molecule has 0 aromatic carbocycles. The SMILES string of the molecule is CS(=O)(=NN)N1CCC1. The van der Waals surface area contributed by atoms with E-state index >= 15 is 0 Å². The molecule has 1 saturated heterocycles. The Morgan fingerprint density at radius 3 is 2.33 bits per heavy atom. The fourth-order valence-corrected chi connectivity index (χ4v) is 1.76. The second-order valence-electron chi connectivity index (χ2n) is 2.15. The van der Waals surface area contributed by atoms with Crippen molar-refractivity contribution in [3.05, 3.63) is 0 Å². The minimum Gasteiger partial charge on any atom is -0.233 e. The summed E-state index contributed by atoms with van der Waals surface area (Å²) in [5, 5.41) is 0. The number of rotatable bonds is 1. The lowest BCUT2D eigenvalue weighted by Crippen LogP contribution is -2.41. The molecule has 0 saturated carbocycles. The molecule has 9 heavy (non-hydrogen) atoms. The standard InChI is InChI=1S/C4H11N3OS/c1-9(8,6-5)7-3-2-4-7/h2-5H2,1H3. The molecule has 0 spiro atoms. The lowest BCUT2D eigenvalue weighted by Gasteiger charge is -2.30. The lowest BCUT2D eigenvalue weighted by atomic mass is 10.3. The Morgan fingerprint density at radius 1 is 1.67 bits per heavy atom. The van der Waals surface area contributed by atoms with Gasteiger partial charge in [0.25, 0.3) is 0 Å². The second kappa shape index (κ2) is 2.24. The molecule has 0 bridgehead atoms. The summed E-state index contributed by atoms with van der Waals surface area (Å²) in [5.41, 5.74) is 0. The van der Waals surface area contributed by atoms with Gasteiger partial charge in [0.1, 0.15) is 9.92 Å². The molecule has 1 aliphatic rings. The first-order chi connectivity index (χ1) is 4.17. The Hall–Kier alpha value is -0.130. The third-order valence-corrected chi connectivity index (χ3v) is 3.20. The van der Waals surface area contributed by atoms with Crippen LogP contribution in [0.5, 0.6) is 0 Å². The molecule has 0 radical (unpaired) electrons. The van der Waals surface area contributed by atoms with Crippen molar-refractivity contribution < 1.29 is 4.21 Å². The molecule has 2 N–H and O–H groups in total. The summed E-state index contributed by atoms with van der Waals surface area (Å²) in [6.07, 6.45) is 2.67. The topological polar surface area (TPSA) is 58.7 Å². The van der Waals surface area contributed by atoms with Gasteiger partial charge in [-0.15, -0.1) is 4.47 Å². The van der Waals surface area contributed by atoms with Gasteiger partial charge >= 0.3 is 0 Å². The highest BCUT2D eigenvalue weighted by Crippen LogP contribution is 2.11. The van der Waals surface area contributed by atoms with Crippen molar-refractivity contribution in [1.82, 2.24) is 4.31 Å². The molecule has 0 amide bonds. The van der Waals surface area contributed by atoms with E-state index in [-0.39, 0.29) is 0 Å². The maximum Gasteiger partial charge on any atom is 0.122 e. The number of nitrogens with zero attached hydrogens (tertiary/aromatic N) is 2. The Bertz CT molecular complexity index is 202. The fraction of sp³-hybridized carbons (Fsp3) is 1.00. The van der Waals surface area contributed by atoms with E-state index in [0.29, 0.717) is 0 Å². The fourth-order valence-electron chi connectivity index (χ4n) is 0.693. The minimum atomic E-state index is -2.18. The maximum absolute atomic E-state index is 11.2. The van der Waals surface area contributed by atoms with Crippen molar-refractivity contribution in [3.63, 3.8) is 0 Å². The van der Waals surface area contributed by atoms with E-state index in [0.717, 1.165) is 19.5 Å².